The lowest BCUT2D eigenvalue weighted by molar-refractivity contribution is -0.134. The summed E-state index contributed by atoms with van der Waals surface area (Å²) in [5, 5.41) is 13.1. The van der Waals surface area contributed by atoms with Gasteiger partial charge in [0.15, 0.2) is 0 Å². The molecule has 0 aromatic carbocycles. The van der Waals surface area contributed by atoms with Crippen molar-refractivity contribution >= 4 is 11.7 Å². The maximum Gasteiger partial charge on any atom is 0.244 e. The van der Waals surface area contributed by atoms with Crippen molar-refractivity contribution in [3.05, 3.63) is 12.3 Å². The normalized spacial score (nSPS) is 20.5. The maximum atomic E-state index is 12.0. The van der Waals surface area contributed by atoms with E-state index in [1.54, 1.807) is 21.8 Å². The van der Waals surface area contributed by atoms with Crippen LogP contribution in [0.5, 0.6) is 0 Å². The molecule has 1 aromatic heterocycles. The number of likely N-dealkylation sites (tertiary alicyclic amines) is 1. The molecule has 1 aliphatic rings. The molecular formula is C11H18N4O2. The summed E-state index contributed by atoms with van der Waals surface area (Å²) in [6, 6.07) is 1.67. The molecule has 1 saturated heterocycles. The number of hydrogen-bond donors (Lipinski definition) is 2. The lowest BCUT2D eigenvalue weighted by Crippen LogP contribution is -2.42. The second-order valence-corrected chi connectivity index (χ2v) is 4.47. The largest absolute Gasteiger partial charge is 0.396 e. The highest BCUT2D eigenvalue weighted by atomic mass is 16.3. The smallest absolute Gasteiger partial charge is 0.244 e. The highest BCUT2D eigenvalue weighted by molar-refractivity contribution is 5.76. The van der Waals surface area contributed by atoms with Gasteiger partial charge in [-0.15, -0.1) is 0 Å². The summed E-state index contributed by atoms with van der Waals surface area (Å²) in [5.74, 6) is 0.673. The third-order valence-electron chi connectivity index (χ3n) is 3.09. The molecule has 3 N–H and O–H groups in total. The van der Waals surface area contributed by atoms with Crippen LogP contribution in [0.3, 0.4) is 0 Å². The summed E-state index contributed by atoms with van der Waals surface area (Å²) in [5.41, 5.74) is 5.49. The molecule has 17 heavy (non-hydrogen) atoms. The Balaban J connectivity index is 1.91. The first-order valence-corrected chi connectivity index (χ1v) is 5.86. The van der Waals surface area contributed by atoms with Crippen LogP contribution < -0.4 is 5.73 Å². The van der Waals surface area contributed by atoms with Crippen LogP contribution in [0.1, 0.15) is 12.8 Å². The Labute approximate surface area is 100 Å². The molecule has 6 heteroatoms. The van der Waals surface area contributed by atoms with E-state index in [1.807, 2.05) is 0 Å². The van der Waals surface area contributed by atoms with E-state index in [-0.39, 0.29) is 25.0 Å². The van der Waals surface area contributed by atoms with Crippen molar-refractivity contribution in [2.75, 3.05) is 25.4 Å². The van der Waals surface area contributed by atoms with Gasteiger partial charge in [0.1, 0.15) is 12.4 Å². The molecule has 1 unspecified atom stereocenters. The van der Waals surface area contributed by atoms with Crippen molar-refractivity contribution in [1.29, 1.82) is 0 Å². The van der Waals surface area contributed by atoms with Crippen molar-refractivity contribution in [1.82, 2.24) is 14.7 Å². The predicted molar refractivity (Wildman–Crippen MR) is 63.0 cm³/mol. The molecule has 1 atom stereocenters. The van der Waals surface area contributed by atoms with Gasteiger partial charge in [0.25, 0.3) is 0 Å². The highest BCUT2D eigenvalue weighted by Gasteiger charge is 2.23. The van der Waals surface area contributed by atoms with Crippen molar-refractivity contribution < 1.29 is 9.90 Å². The molecule has 0 saturated carbocycles. The number of nitrogen functional groups attached to an aromatic ring is 1. The number of piperidine rings is 1. The molecule has 1 amide bonds. The van der Waals surface area contributed by atoms with Crippen LogP contribution in [0, 0.1) is 5.92 Å². The van der Waals surface area contributed by atoms with E-state index in [0.717, 1.165) is 19.4 Å². The first-order chi connectivity index (χ1) is 8.19. The quantitative estimate of drug-likeness (QED) is 0.757. The highest BCUT2D eigenvalue weighted by Crippen LogP contribution is 2.16. The molecule has 0 spiro atoms. The Bertz CT molecular complexity index is 391. The van der Waals surface area contributed by atoms with Crippen LogP contribution in [-0.4, -0.2) is 45.4 Å². The summed E-state index contributed by atoms with van der Waals surface area (Å²) in [7, 11) is 0. The summed E-state index contributed by atoms with van der Waals surface area (Å²) in [4.78, 5) is 13.8. The number of nitrogens with two attached hydrogens (primary N) is 1. The molecular weight excluding hydrogens is 220 g/mol. The average Bonchev–Trinajstić information content (AvgIpc) is 2.75. The minimum atomic E-state index is 0.0336. The monoisotopic (exact) mass is 238 g/mol. The van der Waals surface area contributed by atoms with E-state index in [9.17, 15) is 4.79 Å². The first kappa shape index (κ1) is 11.9. The van der Waals surface area contributed by atoms with Gasteiger partial charge in [-0.25, -0.2) is 0 Å². The van der Waals surface area contributed by atoms with Gasteiger partial charge in [-0.1, -0.05) is 0 Å². The number of anilines is 1. The molecule has 2 heterocycles. The minimum absolute atomic E-state index is 0.0336. The number of aliphatic hydroxyl groups excluding tert-OH is 1. The van der Waals surface area contributed by atoms with Crippen molar-refractivity contribution in [3.63, 3.8) is 0 Å². The fraction of sp³-hybridized carbons (Fsp3) is 0.636. The van der Waals surface area contributed by atoms with Crippen molar-refractivity contribution in [3.8, 4) is 0 Å². The Morgan fingerprint density at radius 1 is 1.65 bits per heavy atom. The number of nitrogens with zero attached hydrogens (tertiary/aromatic N) is 3. The van der Waals surface area contributed by atoms with E-state index in [2.05, 4.69) is 5.10 Å². The molecule has 1 aliphatic heterocycles. The van der Waals surface area contributed by atoms with Gasteiger partial charge in [-0.2, -0.15) is 5.10 Å². The molecule has 0 radical (unpaired) electrons. The minimum Gasteiger partial charge on any atom is -0.396 e. The Hall–Kier alpha value is -1.56. The van der Waals surface area contributed by atoms with E-state index >= 15 is 0 Å². The fourth-order valence-electron chi connectivity index (χ4n) is 2.14. The third-order valence-corrected chi connectivity index (χ3v) is 3.09. The number of amides is 1. The maximum absolute atomic E-state index is 12.0. The third kappa shape index (κ3) is 2.97. The van der Waals surface area contributed by atoms with Gasteiger partial charge >= 0.3 is 0 Å². The zero-order chi connectivity index (χ0) is 12.3. The van der Waals surface area contributed by atoms with Crippen LogP contribution in [0.2, 0.25) is 0 Å². The Morgan fingerprint density at radius 2 is 2.47 bits per heavy atom. The fourth-order valence-corrected chi connectivity index (χ4v) is 2.14. The first-order valence-electron chi connectivity index (χ1n) is 5.86. The van der Waals surface area contributed by atoms with Crippen LogP contribution >= 0.6 is 0 Å². The van der Waals surface area contributed by atoms with Crippen LogP contribution in [-0.2, 0) is 11.3 Å². The SMILES string of the molecule is Nc1ccn(CC(=O)N2CCCC(CO)C2)n1. The predicted octanol–water partition coefficient (Wildman–Crippen LogP) is -0.304. The molecule has 6 nitrogen and oxygen atoms in total. The summed E-state index contributed by atoms with van der Waals surface area (Å²) >= 11 is 0. The van der Waals surface area contributed by atoms with Gasteiger partial charge in [0.05, 0.1) is 0 Å². The zero-order valence-electron chi connectivity index (χ0n) is 9.75. The summed E-state index contributed by atoms with van der Waals surface area (Å²) in [6.45, 7) is 1.78. The van der Waals surface area contributed by atoms with Crippen LogP contribution in [0.4, 0.5) is 5.82 Å². The number of aliphatic hydroxyl groups is 1. The average molecular weight is 238 g/mol. The molecule has 0 aliphatic carbocycles. The zero-order valence-corrected chi connectivity index (χ0v) is 9.75. The molecule has 1 fully saturated rings. The summed E-state index contributed by atoms with van der Waals surface area (Å²) in [6.07, 6.45) is 3.65. The number of rotatable bonds is 3. The Kier molecular flexibility index (Phi) is 3.63. The van der Waals surface area contributed by atoms with Crippen molar-refractivity contribution in [2.45, 2.75) is 19.4 Å². The van der Waals surface area contributed by atoms with Crippen LogP contribution in [0.25, 0.3) is 0 Å². The van der Waals surface area contributed by atoms with E-state index in [0.29, 0.717) is 12.4 Å². The Morgan fingerprint density at radius 3 is 3.12 bits per heavy atom. The number of carbonyl (C=O) groups is 1. The lowest BCUT2D eigenvalue weighted by atomic mass is 9.99. The second kappa shape index (κ2) is 5.18. The van der Waals surface area contributed by atoms with Crippen molar-refractivity contribution in [2.24, 2.45) is 5.92 Å². The number of aromatic nitrogens is 2. The molecule has 0 bridgehead atoms. The molecule has 1 aromatic rings. The number of carbonyl (C=O) groups excluding carboxylic acids is 1. The lowest BCUT2D eigenvalue weighted by Gasteiger charge is -2.31. The van der Waals surface area contributed by atoms with Gasteiger partial charge in [-0.05, 0) is 24.8 Å². The topological polar surface area (TPSA) is 84.4 Å². The molecule has 2 rings (SSSR count). The van der Waals surface area contributed by atoms with Gasteiger partial charge in [0, 0.05) is 25.9 Å². The van der Waals surface area contributed by atoms with E-state index in [4.69, 9.17) is 10.8 Å². The standard InChI is InChI=1S/C11H18N4O2/c12-10-3-5-15(13-10)7-11(17)14-4-1-2-9(6-14)8-16/h3,5,9,16H,1-2,4,6-8H2,(H2,12,13). The van der Waals surface area contributed by atoms with Crippen LogP contribution in [0.15, 0.2) is 12.3 Å². The van der Waals surface area contributed by atoms with E-state index in [1.165, 1.54) is 0 Å². The summed E-state index contributed by atoms with van der Waals surface area (Å²) < 4.78 is 1.54. The molecule has 94 valence electrons. The second-order valence-electron chi connectivity index (χ2n) is 4.47. The number of hydrogen-bond acceptors (Lipinski definition) is 4. The van der Waals surface area contributed by atoms with Gasteiger partial charge in [0.2, 0.25) is 5.91 Å². The van der Waals surface area contributed by atoms with Gasteiger partial charge in [-0.3, -0.25) is 9.48 Å². The van der Waals surface area contributed by atoms with Gasteiger partial charge < -0.3 is 15.7 Å². The van der Waals surface area contributed by atoms with E-state index < -0.39 is 0 Å².